The number of likely N-dealkylation sites (N-methyl/N-ethyl adjacent to an activating group) is 2. The van der Waals surface area contributed by atoms with Crippen molar-refractivity contribution in [3.63, 3.8) is 0 Å². The molecule has 0 aliphatic carbocycles. The van der Waals surface area contributed by atoms with E-state index in [2.05, 4.69) is 10.6 Å². The van der Waals surface area contributed by atoms with Crippen LogP contribution in [-0.4, -0.2) is 48.1 Å². The van der Waals surface area contributed by atoms with Crippen LogP contribution < -0.4 is 10.6 Å². The van der Waals surface area contributed by atoms with E-state index in [1.165, 1.54) is 18.0 Å². The summed E-state index contributed by atoms with van der Waals surface area (Å²) in [6.45, 7) is 1.99. The Balaban J connectivity index is 2.74. The lowest BCUT2D eigenvalue weighted by Crippen LogP contribution is -2.41. The molecule has 0 aliphatic heterocycles. The Morgan fingerprint density at radius 3 is 2.63 bits per heavy atom. The summed E-state index contributed by atoms with van der Waals surface area (Å²) in [6.07, 6.45) is 0. The summed E-state index contributed by atoms with van der Waals surface area (Å²) in [6, 6.07) is 0.911. The van der Waals surface area contributed by atoms with E-state index in [9.17, 15) is 14.4 Å². The predicted molar refractivity (Wildman–Crippen MR) is 71.6 cm³/mol. The van der Waals surface area contributed by atoms with E-state index < -0.39 is 12.0 Å². The largest absolute Gasteiger partial charge is 0.478 e. The highest BCUT2D eigenvalue weighted by Crippen LogP contribution is 2.23. The monoisotopic (exact) mass is 285 g/mol. The number of anilines is 1. The lowest BCUT2D eigenvalue weighted by atomic mass is 10.3. The van der Waals surface area contributed by atoms with E-state index in [0.717, 1.165) is 11.3 Å². The minimum Gasteiger partial charge on any atom is -0.478 e. The van der Waals surface area contributed by atoms with Crippen molar-refractivity contribution in [1.82, 2.24) is 10.2 Å². The number of nitrogens with zero attached hydrogens (tertiary/aromatic N) is 1. The van der Waals surface area contributed by atoms with Gasteiger partial charge in [0.1, 0.15) is 11.5 Å². The Kier molecular flexibility index (Phi) is 5.31. The molecule has 19 heavy (non-hydrogen) atoms. The molecular weight excluding hydrogens is 270 g/mol. The molecule has 0 aliphatic rings. The summed E-state index contributed by atoms with van der Waals surface area (Å²) < 4.78 is 0. The molecule has 0 radical (unpaired) electrons. The van der Waals surface area contributed by atoms with Crippen molar-refractivity contribution in [2.75, 3.05) is 25.5 Å². The molecule has 3 amide bonds. The van der Waals surface area contributed by atoms with Crippen molar-refractivity contribution in [3.05, 3.63) is 17.0 Å². The van der Waals surface area contributed by atoms with Crippen molar-refractivity contribution in [2.24, 2.45) is 0 Å². The summed E-state index contributed by atoms with van der Waals surface area (Å²) >= 11 is 1.12. The minimum atomic E-state index is -1.11. The molecule has 0 unspecified atom stereocenters. The molecule has 7 nitrogen and oxygen atoms in total. The third kappa shape index (κ3) is 3.95. The van der Waals surface area contributed by atoms with E-state index in [1.54, 1.807) is 12.3 Å². The molecule has 104 valence electrons. The SMILES string of the molecule is CCN(CC(=O)NC)C(=O)Nc1sccc1C(=O)O. The second-order valence-corrected chi connectivity index (χ2v) is 4.50. The van der Waals surface area contributed by atoms with Crippen LogP contribution in [0.4, 0.5) is 9.80 Å². The zero-order chi connectivity index (χ0) is 14.4. The Morgan fingerprint density at radius 1 is 1.42 bits per heavy atom. The maximum absolute atomic E-state index is 11.9. The predicted octanol–water partition coefficient (Wildman–Crippen LogP) is 1.05. The minimum absolute atomic E-state index is 0.0364. The van der Waals surface area contributed by atoms with Gasteiger partial charge in [-0.3, -0.25) is 10.1 Å². The number of carbonyl (C=O) groups excluding carboxylic acids is 2. The normalized spacial score (nSPS) is 9.79. The van der Waals surface area contributed by atoms with Gasteiger partial charge >= 0.3 is 12.0 Å². The number of amides is 3. The van der Waals surface area contributed by atoms with Crippen LogP contribution in [0.2, 0.25) is 0 Å². The van der Waals surface area contributed by atoms with Crippen LogP contribution in [0.3, 0.4) is 0 Å². The first-order chi connectivity index (χ1) is 8.99. The lowest BCUT2D eigenvalue weighted by molar-refractivity contribution is -0.121. The van der Waals surface area contributed by atoms with Crippen LogP contribution in [-0.2, 0) is 4.79 Å². The zero-order valence-corrected chi connectivity index (χ0v) is 11.4. The smallest absolute Gasteiger partial charge is 0.338 e. The number of carbonyl (C=O) groups is 3. The van der Waals surface area contributed by atoms with Crippen molar-refractivity contribution in [1.29, 1.82) is 0 Å². The first-order valence-corrected chi connectivity index (χ1v) is 6.44. The number of rotatable bonds is 5. The average Bonchev–Trinajstić information content (AvgIpc) is 2.83. The van der Waals surface area contributed by atoms with Gasteiger partial charge in [-0.2, -0.15) is 0 Å². The van der Waals surface area contributed by atoms with E-state index in [-0.39, 0.29) is 23.0 Å². The molecule has 1 rings (SSSR count). The number of nitrogens with one attached hydrogen (secondary N) is 2. The van der Waals surface area contributed by atoms with Crippen molar-refractivity contribution in [2.45, 2.75) is 6.92 Å². The zero-order valence-electron chi connectivity index (χ0n) is 10.6. The highest BCUT2D eigenvalue weighted by atomic mass is 32.1. The number of hydrogen-bond acceptors (Lipinski definition) is 4. The van der Waals surface area contributed by atoms with Gasteiger partial charge in [-0.1, -0.05) is 0 Å². The van der Waals surface area contributed by atoms with Crippen molar-refractivity contribution >= 4 is 34.2 Å². The van der Waals surface area contributed by atoms with Crippen molar-refractivity contribution in [3.8, 4) is 0 Å². The molecule has 8 heteroatoms. The number of thiophene rings is 1. The standard InChI is InChI=1S/C11H15N3O4S/c1-3-14(6-8(15)12-2)11(18)13-9-7(10(16)17)4-5-19-9/h4-5H,3,6H2,1-2H3,(H,12,15)(H,13,18)(H,16,17). The molecule has 1 heterocycles. The number of carboxylic acids is 1. The van der Waals surface area contributed by atoms with E-state index in [4.69, 9.17) is 5.11 Å². The molecule has 0 fully saturated rings. The first kappa shape index (κ1) is 15.0. The molecule has 0 saturated carbocycles. The molecule has 1 aromatic heterocycles. The van der Waals surface area contributed by atoms with Crippen molar-refractivity contribution < 1.29 is 19.5 Å². The number of carboxylic acid groups (broad SMARTS) is 1. The first-order valence-electron chi connectivity index (χ1n) is 5.56. The number of aromatic carboxylic acids is 1. The van der Waals surface area contributed by atoms with Gasteiger partial charge in [0.2, 0.25) is 5.91 Å². The summed E-state index contributed by atoms with van der Waals surface area (Å²) in [4.78, 5) is 35.3. The molecule has 0 bridgehead atoms. The van der Waals surface area contributed by atoms with Crippen LogP contribution in [0, 0.1) is 0 Å². The lowest BCUT2D eigenvalue weighted by Gasteiger charge is -2.20. The number of urea groups is 1. The molecule has 0 aromatic carbocycles. The van der Waals surface area contributed by atoms with Crippen LogP contribution in [0.5, 0.6) is 0 Å². The van der Waals surface area contributed by atoms with Gasteiger partial charge in [0, 0.05) is 13.6 Å². The molecule has 0 saturated heterocycles. The summed E-state index contributed by atoms with van der Waals surface area (Å²) in [5.74, 6) is -1.40. The van der Waals surface area contributed by atoms with Gasteiger partial charge < -0.3 is 15.3 Å². The highest BCUT2D eigenvalue weighted by molar-refractivity contribution is 7.14. The van der Waals surface area contributed by atoms with Crippen LogP contribution in [0.25, 0.3) is 0 Å². The quantitative estimate of drug-likeness (QED) is 0.753. The molecular formula is C11H15N3O4S. The van der Waals surface area contributed by atoms with Crippen LogP contribution >= 0.6 is 11.3 Å². The van der Waals surface area contributed by atoms with Crippen LogP contribution in [0.1, 0.15) is 17.3 Å². The maximum Gasteiger partial charge on any atom is 0.338 e. The molecule has 3 N–H and O–H groups in total. The Hall–Kier alpha value is -2.09. The van der Waals surface area contributed by atoms with Gasteiger partial charge in [-0.05, 0) is 18.4 Å². The summed E-state index contributed by atoms with van der Waals surface area (Å²) in [5.41, 5.74) is 0.0364. The summed E-state index contributed by atoms with van der Waals surface area (Å²) in [5, 5.41) is 15.7. The van der Waals surface area contributed by atoms with E-state index in [1.807, 2.05) is 0 Å². The van der Waals surface area contributed by atoms with Gasteiger partial charge in [0.25, 0.3) is 0 Å². The van der Waals surface area contributed by atoms with E-state index in [0.29, 0.717) is 6.54 Å². The third-order valence-electron chi connectivity index (χ3n) is 2.40. The molecule has 0 atom stereocenters. The van der Waals surface area contributed by atoms with Gasteiger partial charge in [0.15, 0.2) is 0 Å². The van der Waals surface area contributed by atoms with Gasteiger partial charge in [0.05, 0.1) is 5.56 Å². The number of hydrogen-bond donors (Lipinski definition) is 3. The van der Waals surface area contributed by atoms with E-state index >= 15 is 0 Å². The Labute approximate surface area is 114 Å². The average molecular weight is 285 g/mol. The fraction of sp³-hybridized carbons (Fsp3) is 0.364. The van der Waals surface area contributed by atoms with Gasteiger partial charge in [-0.25, -0.2) is 9.59 Å². The third-order valence-corrected chi connectivity index (χ3v) is 3.23. The molecule has 1 aromatic rings. The van der Waals surface area contributed by atoms with Crippen LogP contribution in [0.15, 0.2) is 11.4 Å². The Bertz CT molecular complexity index is 486. The Morgan fingerprint density at radius 2 is 2.11 bits per heavy atom. The molecule has 0 spiro atoms. The van der Waals surface area contributed by atoms with Gasteiger partial charge in [-0.15, -0.1) is 11.3 Å². The maximum atomic E-state index is 11.9. The highest BCUT2D eigenvalue weighted by Gasteiger charge is 2.18. The second kappa shape index (κ2) is 6.74. The topological polar surface area (TPSA) is 98.7 Å². The second-order valence-electron chi connectivity index (χ2n) is 3.59. The summed E-state index contributed by atoms with van der Waals surface area (Å²) in [7, 11) is 1.48. The fourth-order valence-corrected chi connectivity index (χ4v) is 2.10. The fourth-order valence-electron chi connectivity index (χ4n) is 1.33.